The van der Waals surface area contributed by atoms with Crippen LogP contribution in [0.3, 0.4) is 0 Å². The van der Waals surface area contributed by atoms with Crippen LogP contribution in [0.4, 0.5) is 22.7 Å². The lowest BCUT2D eigenvalue weighted by Crippen LogP contribution is -2.63. The first-order chi connectivity index (χ1) is 23.2. The molecule has 8 aliphatic rings. The van der Waals surface area contributed by atoms with Gasteiger partial charge in [0.1, 0.15) is 0 Å². The van der Waals surface area contributed by atoms with Gasteiger partial charge >= 0.3 is 0 Å². The monoisotopic (exact) mass is 610 g/mol. The molecule has 0 unspecified atom stereocenters. The molecule has 0 aromatic heterocycles. The van der Waals surface area contributed by atoms with E-state index in [1.807, 2.05) is 0 Å². The molecule has 0 N–H and O–H groups in total. The Bertz CT molecular complexity index is 2010. The van der Waals surface area contributed by atoms with Crippen molar-refractivity contribution in [3.8, 4) is 0 Å². The molecule has 4 saturated carbocycles. The minimum atomic E-state index is 0.283. The van der Waals surface area contributed by atoms with Crippen LogP contribution in [-0.4, -0.2) is 19.8 Å². The second-order valence-electron chi connectivity index (χ2n) is 16.8. The first-order valence-electron chi connectivity index (χ1n) is 19.0. The van der Waals surface area contributed by atoms with Gasteiger partial charge in [-0.15, -0.1) is 0 Å². The van der Waals surface area contributed by atoms with Gasteiger partial charge in [0.25, 0.3) is 6.71 Å². The number of fused-ring (bicyclic) bond motifs is 8. The molecule has 0 spiro atoms. The van der Waals surface area contributed by atoms with Gasteiger partial charge in [0.15, 0.2) is 0 Å². The van der Waals surface area contributed by atoms with Crippen molar-refractivity contribution in [2.75, 3.05) is 22.9 Å². The number of benzene rings is 5. The summed E-state index contributed by atoms with van der Waals surface area (Å²) in [4.78, 5) is 5.71. The Morgan fingerprint density at radius 2 is 1.06 bits per heavy atom. The van der Waals surface area contributed by atoms with Crippen LogP contribution < -0.4 is 26.2 Å². The minimum absolute atomic E-state index is 0.283. The molecule has 0 radical (unpaired) electrons. The fourth-order valence-electron chi connectivity index (χ4n) is 12.9. The van der Waals surface area contributed by atoms with Crippen molar-refractivity contribution in [2.45, 2.75) is 82.5 Å². The third-order valence-electron chi connectivity index (χ3n) is 14.2. The van der Waals surface area contributed by atoms with Crippen molar-refractivity contribution in [2.24, 2.45) is 17.8 Å². The van der Waals surface area contributed by atoms with Crippen molar-refractivity contribution >= 4 is 67.4 Å². The van der Waals surface area contributed by atoms with Crippen LogP contribution in [0.25, 0.3) is 21.5 Å². The molecule has 0 saturated heterocycles. The molecule has 4 aliphatic heterocycles. The van der Waals surface area contributed by atoms with Crippen LogP contribution >= 0.6 is 0 Å². The van der Waals surface area contributed by atoms with E-state index in [9.17, 15) is 0 Å². The zero-order chi connectivity index (χ0) is 30.4. The van der Waals surface area contributed by atoms with Gasteiger partial charge in [0, 0.05) is 35.8 Å². The predicted octanol–water partition coefficient (Wildman–Crippen LogP) is 8.55. The number of anilines is 4. The first-order valence-corrected chi connectivity index (χ1v) is 19.0. The Morgan fingerprint density at radius 1 is 0.574 bits per heavy atom. The maximum Gasteiger partial charge on any atom is 0.252 e. The molecule has 4 heterocycles. The highest BCUT2D eigenvalue weighted by Gasteiger charge is 2.53. The molecule has 13 rings (SSSR count). The summed E-state index contributed by atoms with van der Waals surface area (Å²) in [6, 6.07) is 29.4. The van der Waals surface area contributed by atoms with E-state index in [0.29, 0.717) is 5.41 Å². The Hall–Kier alpha value is -3.72. The molecule has 4 aliphatic carbocycles. The number of nitrogens with zero attached hydrogens (tertiary/aromatic N) is 2. The van der Waals surface area contributed by atoms with Crippen molar-refractivity contribution < 1.29 is 0 Å². The van der Waals surface area contributed by atoms with E-state index in [4.69, 9.17) is 0 Å². The highest BCUT2D eigenvalue weighted by Crippen LogP contribution is 2.61. The van der Waals surface area contributed by atoms with E-state index in [1.54, 1.807) is 55.8 Å². The molecule has 47 heavy (non-hydrogen) atoms. The third kappa shape index (κ3) is 3.44. The van der Waals surface area contributed by atoms with Crippen molar-refractivity contribution in [1.29, 1.82) is 0 Å². The van der Waals surface area contributed by atoms with Gasteiger partial charge in [-0.25, -0.2) is 0 Å². The molecule has 232 valence electrons. The summed E-state index contributed by atoms with van der Waals surface area (Å²) >= 11 is 0. The average molecular weight is 611 g/mol. The molecule has 0 amide bonds. The number of rotatable bonds is 1. The number of aryl methyl sites for hydroxylation is 2. The summed E-state index contributed by atoms with van der Waals surface area (Å²) < 4.78 is 0. The highest BCUT2D eigenvalue weighted by molar-refractivity contribution is 7.00. The Kier molecular flexibility index (Phi) is 5.17. The summed E-state index contributed by atoms with van der Waals surface area (Å²) in [5.41, 5.74) is 16.3. The van der Waals surface area contributed by atoms with Crippen LogP contribution in [0.15, 0.2) is 72.8 Å². The van der Waals surface area contributed by atoms with Crippen molar-refractivity contribution in [1.82, 2.24) is 0 Å². The molecule has 5 aromatic rings. The molecule has 4 fully saturated rings. The Morgan fingerprint density at radius 3 is 1.57 bits per heavy atom. The van der Waals surface area contributed by atoms with Gasteiger partial charge in [0.05, 0.1) is 0 Å². The zero-order valence-corrected chi connectivity index (χ0v) is 27.5. The van der Waals surface area contributed by atoms with E-state index >= 15 is 0 Å². The van der Waals surface area contributed by atoms with Crippen LogP contribution in [-0.2, 0) is 18.3 Å². The Balaban J connectivity index is 1.21. The van der Waals surface area contributed by atoms with Gasteiger partial charge in [-0.3, -0.25) is 0 Å². The largest absolute Gasteiger partial charge is 0.342 e. The summed E-state index contributed by atoms with van der Waals surface area (Å²) in [7, 11) is 0. The van der Waals surface area contributed by atoms with Crippen LogP contribution in [0.1, 0.15) is 80.9 Å². The molecule has 0 atom stereocenters. The number of hydrogen-bond acceptors (Lipinski definition) is 2. The summed E-state index contributed by atoms with van der Waals surface area (Å²) in [6.07, 6.45) is 16.3. The normalized spacial score (nSPS) is 27.8. The van der Waals surface area contributed by atoms with Gasteiger partial charge in [-0.05, 0) is 167 Å². The third-order valence-corrected chi connectivity index (χ3v) is 14.2. The van der Waals surface area contributed by atoms with E-state index in [1.165, 1.54) is 98.6 Å². The molecular weight excluding hydrogens is 567 g/mol. The lowest BCUT2D eigenvalue weighted by Gasteiger charge is -2.57. The second-order valence-corrected chi connectivity index (χ2v) is 16.8. The van der Waals surface area contributed by atoms with E-state index in [2.05, 4.69) is 82.6 Å². The standard InChI is InChI=1S/C44H43BN2/c1-3-11-33-30(9-1)20-37-42-35(33)13-5-7-15-46(42)39-22-32(44-24-27-17-28(25-44)19-29(18-27)26-44)23-40-41(39)45(37)38-21-31-10-2-4-12-34(31)36-14-6-8-16-47(40)43(36)38/h1-4,9-12,20-23,27-29H,5-8,13-19,24-26H2. The Labute approximate surface area is 279 Å². The topological polar surface area (TPSA) is 6.48 Å². The first kappa shape index (κ1) is 26.3. The molecule has 2 nitrogen and oxygen atoms in total. The SMILES string of the molecule is c1ccc2c3c4c(cc2c1)B1c2cc5ccccc5c5c2N(CCCC5)c2cc(C56CC7CC(CC(C7)C5)C6)cc(c21)N4CCCC3. The van der Waals surface area contributed by atoms with Crippen molar-refractivity contribution in [3.63, 3.8) is 0 Å². The predicted molar refractivity (Wildman–Crippen MR) is 199 cm³/mol. The van der Waals surface area contributed by atoms with Gasteiger partial charge < -0.3 is 9.80 Å². The van der Waals surface area contributed by atoms with Gasteiger partial charge in [-0.1, -0.05) is 60.7 Å². The lowest BCUT2D eigenvalue weighted by atomic mass is 9.33. The number of hydrogen-bond donors (Lipinski definition) is 0. The second kappa shape index (κ2) is 9.25. The smallest absolute Gasteiger partial charge is 0.252 e. The van der Waals surface area contributed by atoms with E-state index in [-0.39, 0.29) is 6.71 Å². The minimum Gasteiger partial charge on any atom is -0.342 e. The average Bonchev–Trinajstić information content (AvgIpc) is 3.46. The molecular formula is C44H43BN2. The zero-order valence-electron chi connectivity index (χ0n) is 27.5. The van der Waals surface area contributed by atoms with Crippen LogP contribution in [0, 0.1) is 17.8 Å². The lowest BCUT2D eigenvalue weighted by molar-refractivity contribution is -0.00514. The van der Waals surface area contributed by atoms with Gasteiger partial charge in [0.2, 0.25) is 0 Å². The van der Waals surface area contributed by atoms with E-state index < -0.39 is 0 Å². The van der Waals surface area contributed by atoms with Gasteiger partial charge in [-0.2, -0.15) is 0 Å². The maximum absolute atomic E-state index is 2.86. The van der Waals surface area contributed by atoms with E-state index in [0.717, 1.165) is 30.8 Å². The van der Waals surface area contributed by atoms with Crippen LogP contribution in [0.2, 0.25) is 0 Å². The highest BCUT2D eigenvalue weighted by atomic mass is 15.2. The van der Waals surface area contributed by atoms with Crippen LogP contribution in [0.5, 0.6) is 0 Å². The summed E-state index contributed by atoms with van der Waals surface area (Å²) in [5, 5.41) is 5.81. The molecule has 3 heteroatoms. The summed E-state index contributed by atoms with van der Waals surface area (Å²) in [6.45, 7) is 2.56. The molecule has 5 aromatic carbocycles. The fourth-order valence-corrected chi connectivity index (χ4v) is 12.9. The molecule has 4 bridgehead atoms. The quantitative estimate of drug-likeness (QED) is 0.176. The maximum atomic E-state index is 2.86. The van der Waals surface area contributed by atoms with Crippen molar-refractivity contribution in [3.05, 3.63) is 89.5 Å². The fraction of sp³-hybridized carbons (Fsp3) is 0.409. The summed E-state index contributed by atoms with van der Waals surface area (Å²) in [5.74, 6) is 2.86.